The van der Waals surface area contributed by atoms with E-state index in [4.69, 9.17) is 9.47 Å². The number of rotatable bonds is 4. The highest BCUT2D eigenvalue weighted by Gasteiger charge is 2.15. The fourth-order valence-corrected chi connectivity index (χ4v) is 2.31. The van der Waals surface area contributed by atoms with Crippen LogP contribution < -0.4 is 4.74 Å². The van der Waals surface area contributed by atoms with Gasteiger partial charge >= 0.3 is 0 Å². The van der Waals surface area contributed by atoms with Gasteiger partial charge in [0.15, 0.2) is 0 Å². The van der Waals surface area contributed by atoms with Crippen molar-refractivity contribution in [1.29, 1.82) is 0 Å². The van der Waals surface area contributed by atoms with E-state index in [1.54, 1.807) is 6.20 Å². The third kappa shape index (κ3) is 2.91. The van der Waals surface area contributed by atoms with Gasteiger partial charge in [-0.25, -0.2) is 0 Å². The van der Waals surface area contributed by atoms with Gasteiger partial charge in [0.2, 0.25) is 0 Å². The summed E-state index contributed by atoms with van der Waals surface area (Å²) in [6, 6.07) is 3.99. The van der Waals surface area contributed by atoms with Crippen LogP contribution in [0.15, 0.2) is 43.5 Å². The van der Waals surface area contributed by atoms with Crippen molar-refractivity contribution in [3.63, 3.8) is 0 Å². The predicted molar refractivity (Wildman–Crippen MR) is 77.6 cm³/mol. The van der Waals surface area contributed by atoms with Crippen LogP contribution in [0, 0.1) is 0 Å². The molecule has 0 radical (unpaired) electrons. The number of hydrogen-bond donors (Lipinski definition) is 1. The Labute approximate surface area is 118 Å². The van der Waals surface area contributed by atoms with Gasteiger partial charge in [-0.3, -0.25) is 4.98 Å². The molecule has 1 aliphatic heterocycles. The van der Waals surface area contributed by atoms with Crippen LogP contribution in [0.5, 0.6) is 5.75 Å². The first-order valence-electron chi connectivity index (χ1n) is 6.85. The van der Waals surface area contributed by atoms with E-state index in [0.29, 0.717) is 0 Å². The van der Waals surface area contributed by atoms with Crippen LogP contribution >= 0.6 is 0 Å². The maximum Gasteiger partial charge on any atom is 0.138 e. The second kappa shape index (κ2) is 5.92. The lowest BCUT2D eigenvalue weighted by Gasteiger charge is -2.23. The first-order valence-corrected chi connectivity index (χ1v) is 6.85. The molecule has 0 atom stereocenters. The number of aromatic amines is 1. The Bertz CT molecular complexity index is 572. The topological polar surface area (TPSA) is 47.1 Å². The lowest BCUT2D eigenvalue weighted by molar-refractivity contribution is 0.0254. The third-order valence-electron chi connectivity index (χ3n) is 3.48. The first-order chi connectivity index (χ1) is 9.83. The van der Waals surface area contributed by atoms with Crippen LogP contribution in [-0.2, 0) is 4.74 Å². The van der Waals surface area contributed by atoms with Crippen LogP contribution in [0.3, 0.4) is 0 Å². The van der Waals surface area contributed by atoms with Crippen molar-refractivity contribution in [2.24, 2.45) is 0 Å². The number of nitrogens with one attached hydrogen (secondary N) is 1. The van der Waals surface area contributed by atoms with E-state index in [-0.39, 0.29) is 6.10 Å². The molecule has 3 rings (SSSR count). The number of nitrogens with zero attached hydrogens (tertiary/aromatic N) is 1. The van der Waals surface area contributed by atoms with Crippen LogP contribution in [0.4, 0.5) is 0 Å². The smallest absolute Gasteiger partial charge is 0.138 e. The Balaban J connectivity index is 1.74. The van der Waals surface area contributed by atoms with Gasteiger partial charge in [0.25, 0.3) is 0 Å². The second-order valence-corrected chi connectivity index (χ2v) is 4.92. The molecule has 0 unspecified atom stereocenters. The van der Waals surface area contributed by atoms with Gasteiger partial charge in [0, 0.05) is 37.0 Å². The summed E-state index contributed by atoms with van der Waals surface area (Å²) < 4.78 is 11.3. The minimum atomic E-state index is 0.223. The van der Waals surface area contributed by atoms with Crippen molar-refractivity contribution < 1.29 is 9.47 Å². The molecule has 104 valence electrons. The third-order valence-corrected chi connectivity index (χ3v) is 3.48. The van der Waals surface area contributed by atoms with E-state index in [0.717, 1.165) is 48.5 Å². The molecule has 0 amide bonds. The van der Waals surface area contributed by atoms with Gasteiger partial charge in [0.05, 0.1) is 19.4 Å². The molecule has 0 aliphatic carbocycles. The van der Waals surface area contributed by atoms with Crippen LogP contribution in [-0.4, -0.2) is 29.3 Å². The largest absolute Gasteiger partial charge is 0.489 e. The molecular formula is C16H18N2O2. The number of aromatic nitrogens is 2. The lowest BCUT2D eigenvalue weighted by Crippen LogP contribution is -2.25. The molecule has 20 heavy (non-hydrogen) atoms. The average Bonchev–Trinajstić information content (AvgIpc) is 3.02. The zero-order valence-electron chi connectivity index (χ0n) is 11.3. The van der Waals surface area contributed by atoms with Crippen molar-refractivity contribution in [1.82, 2.24) is 9.97 Å². The first kappa shape index (κ1) is 12.9. The molecule has 4 heteroatoms. The summed E-state index contributed by atoms with van der Waals surface area (Å²) in [5, 5.41) is 0. The zero-order valence-corrected chi connectivity index (χ0v) is 11.3. The van der Waals surface area contributed by atoms with E-state index in [9.17, 15) is 0 Å². The summed E-state index contributed by atoms with van der Waals surface area (Å²) in [6.07, 6.45) is 9.47. The van der Waals surface area contributed by atoms with Crippen LogP contribution in [0.1, 0.15) is 24.0 Å². The second-order valence-electron chi connectivity index (χ2n) is 4.92. The Kier molecular flexibility index (Phi) is 3.83. The zero-order chi connectivity index (χ0) is 13.8. The maximum absolute atomic E-state index is 5.97. The molecular weight excluding hydrogens is 252 g/mol. The highest BCUT2D eigenvalue weighted by molar-refractivity contribution is 5.77. The monoisotopic (exact) mass is 270 g/mol. The van der Waals surface area contributed by atoms with Crippen molar-refractivity contribution in [3.05, 3.63) is 54.6 Å². The molecule has 4 nitrogen and oxygen atoms in total. The van der Waals surface area contributed by atoms with Crippen LogP contribution in [0.25, 0.3) is 5.57 Å². The molecule has 1 N–H and O–H groups in total. The standard InChI is InChI=1S/C16H18N2O2/c1-12(13-2-5-17-9-13)14-8-16(11-18-10-14)20-15-3-6-19-7-4-15/h2,5,8-11,15,17H,1,3-4,6-7H2. The average molecular weight is 270 g/mol. The summed E-state index contributed by atoms with van der Waals surface area (Å²) >= 11 is 0. The Hall–Kier alpha value is -2.07. The van der Waals surface area contributed by atoms with Crippen molar-refractivity contribution in [3.8, 4) is 5.75 Å². The Morgan fingerprint density at radius 2 is 2.15 bits per heavy atom. The molecule has 0 bridgehead atoms. The SMILES string of the molecule is C=C(c1cc[nH]c1)c1cncc(OC2CCOCC2)c1. The minimum Gasteiger partial charge on any atom is -0.489 e. The minimum absolute atomic E-state index is 0.223. The van der Waals surface area contributed by atoms with E-state index < -0.39 is 0 Å². The van der Waals surface area contributed by atoms with Crippen molar-refractivity contribution in [2.45, 2.75) is 18.9 Å². The molecule has 1 saturated heterocycles. The summed E-state index contributed by atoms with van der Waals surface area (Å²) in [7, 11) is 0. The summed E-state index contributed by atoms with van der Waals surface area (Å²) in [5.41, 5.74) is 2.99. The number of pyridine rings is 1. The summed E-state index contributed by atoms with van der Waals surface area (Å²) in [5.74, 6) is 0.797. The lowest BCUT2D eigenvalue weighted by atomic mass is 10.0. The summed E-state index contributed by atoms with van der Waals surface area (Å²) in [6.45, 7) is 5.66. The predicted octanol–water partition coefficient (Wildman–Crippen LogP) is 3.03. The van der Waals surface area contributed by atoms with Gasteiger partial charge in [-0.2, -0.15) is 0 Å². The molecule has 0 spiro atoms. The Morgan fingerprint density at radius 1 is 1.30 bits per heavy atom. The van der Waals surface area contributed by atoms with E-state index in [1.807, 2.05) is 30.7 Å². The van der Waals surface area contributed by atoms with Gasteiger partial charge < -0.3 is 14.5 Å². The molecule has 2 aromatic rings. The summed E-state index contributed by atoms with van der Waals surface area (Å²) in [4.78, 5) is 7.29. The molecule has 1 fully saturated rings. The molecule has 0 aromatic carbocycles. The quantitative estimate of drug-likeness (QED) is 0.929. The highest BCUT2D eigenvalue weighted by atomic mass is 16.5. The molecule has 1 aliphatic rings. The van der Waals surface area contributed by atoms with Crippen LogP contribution in [0.2, 0.25) is 0 Å². The number of H-pyrrole nitrogens is 1. The van der Waals surface area contributed by atoms with Gasteiger partial charge in [0.1, 0.15) is 11.9 Å². The number of ether oxygens (including phenoxy) is 2. The van der Waals surface area contributed by atoms with Gasteiger partial charge in [-0.15, -0.1) is 0 Å². The fourth-order valence-electron chi connectivity index (χ4n) is 2.31. The van der Waals surface area contributed by atoms with E-state index in [1.165, 1.54) is 0 Å². The maximum atomic E-state index is 5.97. The Morgan fingerprint density at radius 3 is 2.90 bits per heavy atom. The number of hydrogen-bond acceptors (Lipinski definition) is 3. The molecule has 3 heterocycles. The molecule has 2 aromatic heterocycles. The van der Waals surface area contributed by atoms with E-state index >= 15 is 0 Å². The normalized spacial score (nSPS) is 16.0. The molecule has 0 saturated carbocycles. The highest BCUT2D eigenvalue weighted by Crippen LogP contribution is 2.25. The van der Waals surface area contributed by atoms with Crippen molar-refractivity contribution >= 4 is 5.57 Å². The van der Waals surface area contributed by atoms with Gasteiger partial charge in [-0.05, 0) is 23.3 Å². The van der Waals surface area contributed by atoms with Crippen molar-refractivity contribution in [2.75, 3.05) is 13.2 Å². The van der Waals surface area contributed by atoms with Gasteiger partial charge in [-0.1, -0.05) is 6.58 Å². The fraction of sp³-hybridized carbons (Fsp3) is 0.312. The van der Waals surface area contributed by atoms with E-state index in [2.05, 4.69) is 16.5 Å².